The van der Waals surface area contributed by atoms with Gasteiger partial charge in [-0.15, -0.1) is 0 Å². The van der Waals surface area contributed by atoms with E-state index in [1.807, 2.05) is 0 Å². The summed E-state index contributed by atoms with van der Waals surface area (Å²) in [4.78, 5) is 0. The molecule has 0 aromatic carbocycles. The molecule has 0 spiro atoms. The van der Waals surface area contributed by atoms with Gasteiger partial charge in [-0.05, 0) is 41.9 Å². The van der Waals surface area contributed by atoms with Crippen molar-refractivity contribution in [3.8, 4) is 0 Å². The van der Waals surface area contributed by atoms with Gasteiger partial charge in [0, 0.05) is 0 Å². The van der Waals surface area contributed by atoms with Gasteiger partial charge >= 0.3 is 0 Å². The number of hydrogen-bond acceptors (Lipinski definition) is 0. The molecule has 0 aliphatic carbocycles. The van der Waals surface area contributed by atoms with Gasteiger partial charge in [0.1, 0.15) is 0 Å². The molecule has 0 saturated heterocycles. The highest BCUT2D eigenvalue weighted by atomic mass is 14.3. The zero-order valence-electron chi connectivity index (χ0n) is 12.9. The van der Waals surface area contributed by atoms with Crippen LogP contribution in [0.5, 0.6) is 0 Å². The second kappa shape index (κ2) is 7.35. The monoisotopic (exact) mass is 226 g/mol. The van der Waals surface area contributed by atoms with Crippen LogP contribution in [0.25, 0.3) is 0 Å². The van der Waals surface area contributed by atoms with Gasteiger partial charge in [-0.25, -0.2) is 0 Å². The topological polar surface area (TPSA) is 0 Å². The lowest BCUT2D eigenvalue weighted by Crippen LogP contribution is -2.26. The first-order chi connectivity index (χ1) is 7.31. The third kappa shape index (κ3) is 4.89. The van der Waals surface area contributed by atoms with Gasteiger partial charge in [0.05, 0.1) is 0 Å². The maximum absolute atomic E-state index is 2.46. The predicted octanol–water partition coefficient (Wildman–Crippen LogP) is 5.62. The molecule has 3 atom stereocenters. The Morgan fingerprint density at radius 2 is 1.06 bits per heavy atom. The van der Waals surface area contributed by atoms with Gasteiger partial charge in [-0.1, -0.05) is 61.8 Å². The molecule has 0 amide bonds. The molecule has 0 aromatic heterocycles. The fourth-order valence-corrected chi connectivity index (χ4v) is 3.46. The SMILES string of the molecule is CCC(C)C(C)CC(C)C(C(C)C)C(C)C. The molecule has 0 radical (unpaired) electrons. The normalized spacial score (nSPS) is 18.2. The number of hydrogen-bond donors (Lipinski definition) is 0. The van der Waals surface area contributed by atoms with Gasteiger partial charge in [-0.2, -0.15) is 0 Å². The quantitative estimate of drug-likeness (QED) is 0.528. The molecular weight excluding hydrogens is 192 g/mol. The first kappa shape index (κ1) is 16.0. The van der Waals surface area contributed by atoms with E-state index in [4.69, 9.17) is 0 Å². The summed E-state index contributed by atoms with van der Waals surface area (Å²) >= 11 is 0. The summed E-state index contributed by atoms with van der Waals surface area (Å²) in [6.07, 6.45) is 2.72. The molecule has 0 fully saturated rings. The molecule has 0 rings (SSSR count). The molecule has 0 saturated carbocycles. The Balaban J connectivity index is 4.35. The smallest absolute Gasteiger partial charge is 0.0342 e. The molecule has 98 valence electrons. The minimum absolute atomic E-state index is 0.819. The third-order valence-electron chi connectivity index (χ3n) is 4.56. The van der Waals surface area contributed by atoms with Crippen molar-refractivity contribution in [1.82, 2.24) is 0 Å². The van der Waals surface area contributed by atoms with Crippen LogP contribution < -0.4 is 0 Å². The summed E-state index contributed by atoms with van der Waals surface area (Å²) in [5, 5.41) is 0. The van der Waals surface area contributed by atoms with Gasteiger partial charge in [0.15, 0.2) is 0 Å². The first-order valence-electron chi connectivity index (χ1n) is 7.31. The fraction of sp³-hybridized carbons (Fsp3) is 1.00. The van der Waals surface area contributed by atoms with Crippen molar-refractivity contribution in [2.75, 3.05) is 0 Å². The Morgan fingerprint density at radius 3 is 1.38 bits per heavy atom. The van der Waals surface area contributed by atoms with Crippen molar-refractivity contribution in [2.24, 2.45) is 35.5 Å². The minimum Gasteiger partial charge on any atom is -0.0651 e. The van der Waals surface area contributed by atoms with E-state index >= 15 is 0 Å². The van der Waals surface area contributed by atoms with E-state index < -0.39 is 0 Å². The lowest BCUT2D eigenvalue weighted by atomic mass is 9.72. The summed E-state index contributed by atoms with van der Waals surface area (Å²) < 4.78 is 0. The fourth-order valence-electron chi connectivity index (χ4n) is 3.46. The zero-order valence-corrected chi connectivity index (χ0v) is 12.9. The van der Waals surface area contributed by atoms with Crippen molar-refractivity contribution in [2.45, 2.75) is 68.2 Å². The highest BCUT2D eigenvalue weighted by molar-refractivity contribution is 4.75. The summed E-state index contributed by atoms with van der Waals surface area (Å²) in [5.74, 6) is 5.14. The maximum atomic E-state index is 2.46. The highest BCUT2D eigenvalue weighted by Gasteiger charge is 2.26. The van der Waals surface area contributed by atoms with Crippen LogP contribution in [0, 0.1) is 35.5 Å². The average Bonchev–Trinajstić information content (AvgIpc) is 2.14. The van der Waals surface area contributed by atoms with Crippen LogP contribution in [0.3, 0.4) is 0 Å². The molecule has 16 heavy (non-hydrogen) atoms. The van der Waals surface area contributed by atoms with Gasteiger partial charge in [0.25, 0.3) is 0 Å². The van der Waals surface area contributed by atoms with E-state index in [-0.39, 0.29) is 0 Å². The van der Waals surface area contributed by atoms with Crippen LogP contribution in [0.2, 0.25) is 0 Å². The van der Waals surface area contributed by atoms with E-state index in [0.717, 1.165) is 35.5 Å². The highest BCUT2D eigenvalue weighted by Crippen LogP contribution is 2.34. The Kier molecular flexibility index (Phi) is 7.35. The van der Waals surface area contributed by atoms with Crippen molar-refractivity contribution in [3.05, 3.63) is 0 Å². The second-order valence-electron chi connectivity index (χ2n) is 6.64. The van der Waals surface area contributed by atoms with Crippen LogP contribution >= 0.6 is 0 Å². The lowest BCUT2D eigenvalue weighted by Gasteiger charge is -2.33. The Morgan fingerprint density at radius 1 is 0.625 bits per heavy atom. The summed E-state index contributed by atoms with van der Waals surface area (Å²) in [7, 11) is 0. The van der Waals surface area contributed by atoms with Crippen molar-refractivity contribution >= 4 is 0 Å². The molecule has 0 aliphatic rings. The summed E-state index contributed by atoms with van der Waals surface area (Å²) in [5.41, 5.74) is 0. The molecule has 0 heterocycles. The first-order valence-corrected chi connectivity index (χ1v) is 7.31. The van der Waals surface area contributed by atoms with E-state index in [1.165, 1.54) is 12.8 Å². The zero-order chi connectivity index (χ0) is 12.9. The van der Waals surface area contributed by atoms with Gasteiger partial charge < -0.3 is 0 Å². The molecule has 0 aliphatic heterocycles. The standard InChI is InChI=1S/C16H34/c1-9-13(6)14(7)10-15(8)16(11(2)3)12(4)5/h11-16H,9-10H2,1-8H3. The maximum Gasteiger partial charge on any atom is -0.0342 e. The van der Waals surface area contributed by atoms with Crippen LogP contribution in [-0.2, 0) is 0 Å². The van der Waals surface area contributed by atoms with Crippen LogP contribution in [-0.4, -0.2) is 0 Å². The minimum atomic E-state index is 0.819. The second-order valence-corrected chi connectivity index (χ2v) is 6.64. The van der Waals surface area contributed by atoms with Crippen LogP contribution in [0.4, 0.5) is 0 Å². The van der Waals surface area contributed by atoms with Crippen molar-refractivity contribution in [1.29, 1.82) is 0 Å². The summed E-state index contributed by atoms with van der Waals surface area (Å²) in [6, 6.07) is 0. The van der Waals surface area contributed by atoms with Gasteiger partial charge in [-0.3, -0.25) is 0 Å². The molecule has 0 aromatic rings. The Labute approximate surface area is 104 Å². The van der Waals surface area contributed by atoms with Crippen molar-refractivity contribution in [3.63, 3.8) is 0 Å². The van der Waals surface area contributed by atoms with Crippen LogP contribution in [0.15, 0.2) is 0 Å². The van der Waals surface area contributed by atoms with Gasteiger partial charge in [0.2, 0.25) is 0 Å². The van der Waals surface area contributed by atoms with E-state index in [1.54, 1.807) is 0 Å². The van der Waals surface area contributed by atoms with Crippen molar-refractivity contribution < 1.29 is 0 Å². The molecule has 0 bridgehead atoms. The number of rotatable bonds is 7. The lowest BCUT2D eigenvalue weighted by molar-refractivity contribution is 0.159. The van der Waals surface area contributed by atoms with E-state index in [2.05, 4.69) is 55.4 Å². The Hall–Kier alpha value is 0. The average molecular weight is 226 g/mol. The van der Waals surface area contributed by atoms with E-state index in [9.17, 15) is 0 Å². The van der Waals surface area contributed by atoms with E-state index in [0.29, 0.717) is 0 Å². The summed E-state index contributed by atoms with van der Waals surface area (Å²) in [6.45, 7) is 19.1. The molecule has 0 nitrogen and oxygen atoms in total. The molecular formula is C16H34. The third-order valence-corrected chi connectivity index (χ3v) is 4.56. The molecule has 3 unspecified atom stereocenters. The largest absolute Gasteiger partial charge is 0.0651 e. The Bertz CT molecular complexity index is 161. The van der Waals surface area contributed by atoms with Crippen LogP contribution in [0.1, 0.15) is 68.2 Å². The molecule has 0 N–H and O–H groups in total. The molecule has 0 heteroatoms. The predicted molar refractivity (Wildman–Crippen MR) is 75.6 cm³/mol.